The van der Waals surface area contributed by atoms with Crippen LogP contribution in [0.15, 0.2) is 18.2 Å². The number of aryl methyl sites for hydroxylation is 1. The van der Waals surface area contributed by atoms with Crippen molar-refractivity contribution in [2.45, 2.75) is 40.2 Å². The molecule has 1 N–H and O–H groups in total. The molecule has 0 amide bonds. The van der Waals surface area contributed by atoms with Gasteiger partial charge in [-0.3, -0.25) is 0 Å². The first-order chi connectivity index (χ1) is 9.06. The molecule has 4 nitrogen and oxygen atoms in total. The van der Waals surface area contributed by atoms with Crippen LogP contribution in [0.25, 0.3) is 11.0 Å². The third-order valence-corrected chi connectivity index (χ3v) is 3.78. The van der Waals surface area contributed by atoms with Gasteiger partial charge < -0.3 is 9.67 Å². The maximum absolute atomic E-state index is 11.0. The second-order valence-corrected chi connectivity index (χ2v) is 4.96. The van der Waals surface area contributed by atoms with Gasteiger partial charge >= 0.3 is 5.97 Å². The lowest BCUT2D eigenvalue weighted by Crippen LogP contribution is -2.10. The summed E-state index contributed by atoms with van der Waals surface area (Å²) >= 11 is 0. The molecule has 0 unspecified atom stereocenters. The van der Waals surface area contributed by atoms with Gasteiger partial charge in [0.1, 0.15) is 5.82 Å². The van der Waals surface area contributed by atoms with Gasteiger partial charge in [-0.25, -0.2) is 9.78 Å². The van der Waals surface area contributed by atoms with E-state index in [1.165, 1.54) is 0 Å². The first-order valence-corrected chi connectivity index (χ1v) is 6.77. The Bertz CT molecular complexity index is 597. The molecule has 0 saturated heterocycles. The van der Waals surface area contributed by atoms with Gasteiger partial charge in [0.15, 0.2) is 0 Å². The molecule has 0 aliphatic carbocycles. The molecular formula is C15H20N2O2. The molecule has 2 aromatic rings. The van der Waals surface area contributed by atoms with Crippen molar-refractivity contribution < 1.29 is 9.90 Å². The molecule has 2 rings (SSSR count). The van der Waals surface area contributed by atoms with Crippen molar-refractivity contribution in [2.24, 2.45) is 5.92 Å². The lowest BCUT2D eigenvalue weighted by atomic mass is 10.0. The van der Waals surface area contributed by atoms with Crippen LogP contribution in [-0.4, -0.2) is 20.6 Å². The highest BCUT2D eigenvalue weighted by Crippen LogP contribution is 2.21. The van der Waals surface area contributed by atoms with Crippen molar-refractivity contribution in [1.82, 2.24) is 9.55 Å². The minimum Gasteiger partial charge on any atom is -0.478 e. The van der Waals surface area contributed by atoms with Crippen LogP contribution in [0.4, 0.5) is 0 Å². The number of aromatic nitrogens is 2. The Morgan fingerprint density at radius 3 is 2.63 bits per heavy atom. The predicted molar refractivity (Wildman–Crippen MR) is 75.5 cm³/mol. The van der Waals surface area contributed by atoms with E-state index in [1.807, 2.05) is 13.0 Å². The van der Waals surface area contributed by atoms with E-state index in [0.717, 1.165) is 36.2 Å². The Kier molecular flexibility index (Phi) is 3.88. The number of carboxylic acid groups (broad SMARTS) is 1. The van der Waals surface area contributed by atoms with Crippen LogP contribution in [0.3, 0.4) is 0 Å². The number of aromatic carboxylic acids is 1. The van der Waals surface area contributed by atoms with E-state index in [2.05, 4.69) is 23.4 Å². The summed E-state index contributed by atoms with van der Waals surface area (Å²) in [7, 11) is 0. The molecule has 1 aromatic carbocycles. The zero-order chi connectivity index (χ0) is 14.0. The summed E-state index contributed by atoms with van der Waals surface area (Å²) in [6, 6.07) is 5.16. The fourth-order valence-electron chi connectivity index (χ4n) is 2.42. The number of hydrogen-bond acceptors (Lipinski definition) is 2. The van der Waals surface area contributed by atoms with Crippen molar-refractivity contribution in [2.75, 3.05) is 0 Å². The van der Waals surface area contributed by atoms with E-state index < -0.39 is 5.97 Å². The zero-order valence-electron chi connectivity index (χ0n) is 11.7. The van der Waals surface area contributed by atoms with Crippen LogP contribution >= 0.6 is 0 Å². The number of rotatable bonds is 5. The molecule has 0 aliphatic heterocycles. The van der Waals surface area contributed by atoms with Crippen molar-refractivity contribution >= 4 is 17.0 Å². The van der Waals surface area contributed by atoms with Crippen molar-refractivity contribution in [3.63, 3.8) is 0 Å². The standard InChI is InChI=1S/C15H20N2O2/c1-4-11(5-2)9-17-10(3)16-13-8-12(15(18)19)6-7-14(13)17/h6-8,11H,4-5,9H2,1-3H3,(H,18,19). The molecule has 1 aromatic heterocycles. The summed E-state index contributed by atoms with van der Waals surface area (Å²) in [5.74, 6) is 0.675. The topological polar surface area (TPSA) is 55.1 Å². The highest BCUT2D eigenvalue weighted by molar-refractivity contribution is 5.92. The normalized spacial score (nSPS) is 11.4. The molecule has 0 spiro atoms. The fourth-order valence-corrected chi connectivity index (χ4v) is 2.42. The van der Waals surface area contributed by atoms with E-state index >= 15 is 0 Å². The summed E-state index contributed by atoms with van der Waals surface area (Å²) in [6.07, 6.45) is 2.28. The molecule has 0 atom stereocenters. The molecule has 0 aliphatic rings. The van der Waals surface area contributed by atoms with Crippen LogP contribution in [0, 0.1) is 12.8 Å². The third kappa shape index (κ3) is 2.62. The summed E-state index contributed by atoms with van der Waals surface area (Å²) < 4.78 is 2.19. The SMILES string of the molecule is CCC(CC)Cn1c(C)nc2cc(C(=O)O)ccc21. The average Bonchev–Trinajstić information content (AvgIpc) is 2.70. The molecule has 1 heterocycles. The Balaban J connectivity index is 2.44. The van der Waals surface area contributed by atoms with Gasteiger partial charge in [0.2, 0.25) is 0 Å². The number of imidazole rings is 1. The molecule has 0 bridgehead atoms. The maximum Gasteiger partial charge on any atom is 0.335 e. The first kappa shape index (κ1) is 13.6. The van der Waals surface area contributed by atoms with Gasteiger partial charge in [-0.05, 0) is 31.0 Å². The second kappa shape index (κ2) is 5.43. The highest BCUT2D eigenvalue weighted by atomic mass is 16.4. The monoisotopic (exact) mass is 260 g/mol. The minimum atomic E-state index is -0.908. The summed E-state index contributed by atoms with van der Waals surface area (Å²) in [4.78, 5) is 15.4. The Hall–Kier alpha value is -1.84. The Labute approximate surface area is 113 Å². The van der Waals surface area contributed by atoms with E-state index in [9.17, 15) is 4.79 Å². The molecular weight excluding hydrogens is 240 g/mol. The zero-order valence-corrected chi connectivity index (χ0v) is 11.7. The van der Waals surface area contributed by atoms with Crippen LogP contribution in [-0.2, 0) is 6.54 Å². The molecule has 0 fully saturated rings. The van der Waals surface area contributed by atoms with Gasteiger partial charge in [-0.1, -0.05) is 26.7 Å². The largest absolute Gasteiger partial charge is 0.478 e. The van der Waals surface area contributed by atoms with E-state index in [4.69, 9.17) is 5.11 Å². The highest BCUT2D eigenvalue weighted by Gasteiger charge is 2.13. The smallest absolute Gasteiger partial charge is 0.335 e. The van der Waals surface area contributed by atoms with Crippen LogP contribution in [0.1, 0.15) is 42.9 Å². The second-order valence-electron chi connectivity index (χ2n) is 4.96. The quantitative estimate of drug-likeness (QED) is 0.895. The molecule has 0 saturated carbocycles. The van der Waals surface area contributed by atoms with Crippen molar-refractivity contribution in [1.29, 1.82) is 0 Å². The Morgan fingerprint density at radius 1 is 1.37 bits per heavy atom. The van der Waals surface area contributed by atoms with Crippen LogP contribution < -0.4 is 0 Å². The number of nitrogens with zero attached hydrogens (tertiary/aromatic N) is 2. The molecule has 0 radical (unpaired) electrons. The van der Waals surface area contributed by atoms with Gasteiger partial charge in [0, 0.05) is 6.54 Å². The molecule has 4 heteroatoms. The minimum absolute atomic E-state index is 0.291. The lowest BCUT2D eigenvalue weighted by Gasteiger charge is -2.15. The van der Waals surface area contributed by atoms with Crippen molar-refractivity contribution in [3.8, 4) is 0 Å². The van der Waals surface area contributed by atoms with Crippen molar-refractivity contribution in [3.05, 3.63) is 29.6 Å². The van der Waals surface area contributed by atoms with Crippen LogP contribution in [0.2, 0.25) is 0 Å². The third-order valence-electron chi connectivity index (χ3n) is 3.78. The predicted octanol–water partition coefficient (Wildman–Crippen LogP) is 3.48. The number of carboxylic acids is 1. The van der Waals surface area contributed by atoms with Gasteiger partial charge in [-0.15, -0.1) is 0 Å². The first-order valence-electron chi connectivity index (χ1n) is 6.77. The van der Waals surface area contributed by atoms with Gasteiger partial charge in [0.25, 0.3) is 0 Å². The van der Waals surface area contributed by atoms with Gasteiger partial charge in [0.05, 0.1) is 16.6 Å². The number of hydrogen-bond donors (Lipinski definition) is 1. The average molecular weight is 260 g/mol. The molecule has 102 valence electrons. The summed E-state index contributed by atoms with van der Waals surface area (Å²) in [5, 5.41) is 9.01. The van der Waals surface area contributed by atoms with Crippen LogP contribution in [0.5, 0.6) is 0 Å². The summed E-state index contributed by atoms with van der Waals surface area (Å²) in [5.41, 5.74) is 2.08. The molecule has 19 heavy (non-hydrogen) atoms. The fraction of sp³-hybridized carbons (Fsp3) is 0.467. The summed E-state index contributed by atoms with van der Waals surface area (Å²) in [6.45, 7) is 7.32. The lowest BCUT2D eigenvalue weighted by molar-refractivity contribution is 0.0697. The van der Waals surface area contributed by atoms with E-state index in [1.54, 1.807) is 12.1 Å². The maximum atomic E-state index is 11.0. The number of benzene rings is 1. The number of fused-ring (bicyclic) bond motifs is 1. The Morgan fingerprint density at radius 2 is 2.05 bits per heavy atom. The number of carbonyl (C=O) groups is 1. The van der Waals surface area contributed by atoms with E-state index in [-0.39, 0.29) is 0 Å². The van der Waals surface area contributed by atoms with E-state index in [0.29, 0.717) is 11.5 Å². The van der Waals surface area contributed by atoms with Gasteiger partial charge in [-0.2, -0.15) is 0 Å².